The zero-order valence-corrected chi connectivity index (χ0v) is 14.5. The van der Waals surface area contributed by atoms with Crippen LogP contribution in [0.2, 0.25) is 0 Å². The number of carbonyl (C=O) groups excluding carboxylic acids is 1. The van der Waals surface area contributed by atoms with Crippen LogP contribution >= 0.6 is 0 Å². The summed E-state index contributed by atoms with van der Waals surface area (Å²) in [6, 6.07) is 4.92. The van der Waals surface area contributed by atoms with Crippen LogP contribution in [0.25, 0.3) is 5.82 Å². The maximum Gasteiger partial charge on any atom is 0.391 e. The van der Waals surface area contributed by atoms with Gasteiger partial charge >= 0.3 is 6.18 Å². The minimum absolute atomic E-state index is 0.0644. The van der Waals surface area contributed by atoms with E-state index in [1.54, 1.807) is 23.0 Å². The van der Waals surface area contributed by atoms with E-state index in [-0.39, 0.29) is 18.7 Å². The number of rotatable bonds is 4. The Morgan fingerprint density at radius 2 is 2.15 bits per heavy atom. The number of pyridine rings is 1. The van der Waals surface area contributed by atoms with Crippen molar-refractivity contribution in [2.24, 2.45) is 5.92 Å². The molecule has 8 heteroatoms. The Morgan fingerprint density at radius 1 is 1.35 bits per heavy atom. The third kappa shape index (κ3) is 3.89. The van der Waals surface area contributed by atoms with Crippen LogP contribution in [0.5, 0.6) is 0 Å². The maximum absolute atomic E-state index is 13.0. The van der Waals surface area contributed by atoms with Crippen LogP contribution in [0.3, 0.4) is 0 Å². The van der Waals surface area contributed by atoms with Gasteiger partial charge in [-0.3, -0.25) is 4.79 Å². The summed E-state index contributed by atoms with van der Waals surface area (Å²) >= 11 is 0. The van der Waals surface area contributed by atoms with Crippen LogP contribution in [0, 0.1) is 5.92 Å². The van der Waals surface area contributed by atoms with Gasteiger partial charge in [0.2, 0.25) is 0 Å². The van der Waals surface area contributed by atoms with Crippen LogP contribution in [-0.2, 0) is 6.42 Å². The summed E-state index contributed by atoms with van der Waals surface area (Å²) in [5, 5.41) is 7.00. The summed E-state index contributed by atoms with van der Waals surface area (Å²) in [5.41, 5.74) is 1.07. The minimum Gasteiger partial charge on any atom is -0.349 e. The number of halogens is 3. The number of carbonyl (C=O) groups is 1. The second-order valence-electron chi connectivity index (χ2n) is 6.53. The average molecular weight is 366 g/mol. The van der Waals surface area contributed by atoms with Crippen LogP contribution in [0.15, 0.2) is 30.6 Å². The number of aromatic nitrogens is 3. The van der Waals surface area contributed by atoms with E-state index in [0.717, 1.165) is 0 Å². The van der Waals surface area contributed by atoms with Gasteiger partial charge < -0.3 is 5.32 Å². The van der Waals surface area contributed by atoms with E-state index in [1.807, 2.05) is 13.0 Å². The Balaban J connectivity index is 1.75. The molecule has 3 rings (SSSR count). The molecule has 0 saturated heterocycles. The number of amides is 1. The van der Waals surface area contributed by atoms with E-state index in [9.17, 15) is 18.0 Å². The number of nitrogens with one attached hydrogen (secondary N) is 1. The van der Waals surface area contributed by atoms with Gasteiger partial charge in [-0.1, -0.05) is 19.4 Å². The lowest BCUT2D eigenvalue weighted by molar-refractivity contribution is -0.183. The third-order valence-corrected chi connectivity index (χ3v) is 4.79. The molecule has 2 aromatic rings. The van der Waals surface area contributed by atoms with Crippen LogP contribution in [-0.4, -0.2) is 32.9 Å². The summed E-state index contributed by atoms with van der Waals surface area (Å²) < 4.78 is 40.4. The first-order chi connectivity index (χ1) is 12.4. The van der Waals surface area contributed by atoms with Crippen molar-refractivity contribution in [1.82, 2.24) is 20.1 Å². The Hall–Kier alpha value is -2.38. The van der Waals surface area contributed by atoms with Gasteiger partial charge in [0.15, 0.2) is 5.82 Å². The summed E-state index contributed by atoms with van der Waals surface area (Å²) in [6.45, 7) is 1.90. The molecule has 5 nitrogen and oxygen atoms in total. The van der Waals surface area contributed by atoms with Crippen LogP contribution in [0.1, 0.15) is 48.7 Å². The molecule has 1 saturated carbocycles. The molecule has 0 aliphatic heterocycles. The van der Waals surface area contributed by atoms with Crippen molar-refractivity contribution < 1.29 is 18.0 Å². The fraction of sp³-hybridized carbons (Fsp3) is 0.500. The van der Waals surface area contributed by atoms with Crippen molar-refractivity contribution in [1.29, 1.82) is 0 Å². The van der Waals surface area contributed by atoms with Crippen molar-refractivity contribution in [3.63, 3.8) is 0 Å². The number of hydrogen-bond acceptors (Lipinski definition) is 3. The molecule has 2 unspecified atom stereocenters. The first-order valence-electron chi connectivity index (χ1n) is 8.76. The molecule has 1 N–H and O–H groups in total. The Kier molecular flexibility index (Phi) is 5.29. The highest BCUT2D eigenvalue weighted by atomic mass is 19.4. The molecule has 0 radical (unpaired) electrons. The van der Waals surface area contributed by atoms with E-state index in [1.165, 1.54) is 6.20 Å². The molecular weight excluding hydrogens is 345 g/mol. The molecule has 0 aromatic carbocycles. The second-order valence-corrected chi connectivity index (χ2v) is 6.53. The van der Waals surface area contributed by atoms with E-state index in [4.69, 9.17) is 0 Å². The van der Waals surface area contributed by atoms with Crippen molar-refractivity contribution in [2.45, 2.75) is 51.2 Å². The predicted molar refractivity (Wildman–Crippen MR) is 90.0 cm³/mol. The molecule has 2 aromatic heterocycles. The summed E-state index contributed by atoms with van der Waals surface area (Å²) in [7, 11) is 0. The molecule has 1 aliphatic rings. The average Bonchev–Trinajstić information content (AvgIpc) is 3.06. The minimum atomic E-state index is -4.21. The largest absolute Gasteiger partial charge is 0.391 e. The topological polar surface area (TPSA) is 59.8 Å². The van der Waals surface area contributed by atoms with Crippen LogP contribution in [0.4, 0.5) is 13.2 Å². The highest BCUT2D eigenvalue weighted by Crippen LogP contribution is 2.37. The maximum atomic E-state index is 13.0. The number of nitrogens with zero attached hydrogens (tertiary/aromatic N) is 3. The summed E-state index contributed by atoms with van der Waals surface area (Å²) in [6.07, 6.45) is 0.523. The van der Waals surface area contributed by atoms with Gasteiger partial charge in [0, 0.05) is 12.2 Å². The second kappa shape index (κ2) is 7.47. The molecule has 0 spiro atoms. The standard InChI is InChI=1S/C18H21F3N4O/c1-2-15-14(11-23-25(15)16-8-3-4-9-22-16)17(26)24-13-7-5-6-12(10-13)18(19,20)21/h3-4,8-9,11-13H,2,5-7,10H2,1H3,(H,24,26). The monoisotopic (exact) mass is 366 g/mol. The van der Waals surface area contributed by atoms with E-state index < -0.39 is 18.1 Å². The van der Waals surface area contributed by atoms with Gasteiger partial charge in [-0.25, -0.2) is 9.67 Å². The van der Waals surface area contributed by atoms with Crippen molar-refractivity contribution in [2.75, 3.05) is 0 Å². The van der Waals surface area contributed by atoms with E-state index in [0.29, 0.717) is 36.3 Å². The Bertz CT molecular complexity index is 758. The van der Waals surface area contributed by atoms with Crippen molar-refractivity contribution in [3.8, 4) is 5.82 Å². The SMILES string of the molecule is CCc1c(C(=O)NC2CCCC(C(F)(F)F)C2)cnn1-c1ccccn1. The third-order valence-electron chi connectivity index (χ3n) is 4.79. The van der Waals surface area contributed by atoms with Gasteiger partial charge in [-0.2, -0.15) is 18.3 Å². The van der Waals surface area contributed by atoms with Gasteiger partial charge in [-0.05, 0) is 37.8 Å². The van der Waals surface area contributed by atoms with E-state index >= 15 is 0 Å². The normalized spacial score (nSPS) is 20.8. The van der Waals surface area contributed by atoms with Gasteiger partial charge in [0.1, 0.15) is 0 Å². The molecule has 1 aliphatic carbocycles. The molecule has 2 heterocycles. The van der Waals surface area contributed by atoms with Gasteiger partial charge in [-0.15, -0.1) is 0 Å². The van der Waals surface area contributed by atoms with Gasteiger partial charge in [0.25, 0.3) is 5.91 Å². The number of alkyl halides is 3. The van der Waals surface area contributed by atoms with Gasteiger partial charge in [0.05, 0.1) is 23.4 Å². The molecule has 1 fully saturated rings. The lowest BCUT2D eigenvalue weighted by Gasteiger charge is -2.31. The molecule has 1 amide bonds. The molecule has 0 bridgehead atoms. The lowest BCUT2D eigenvalue weighted by atomic mass is 9.85. The van der Waals surface area contributed by atoms with Crippen molar-refractivity contribution >= 4 is 5.91 Å². The highest BCUT2D eigenvalue weighted by molar-refractivity contribution is 5.95. The van der Waals surface area contributed by atoms with Crippen molar-refractivity contribution in [3.05, 3.63) is 41.9 Å². The first kappa shape index (κ1) is 18.4. The first-order valence-corrected chi connectivity index (χ1v) is 8.76. The van der Waals surface area contributed by atoms with E-state index in [2.05, 4.69) is 15.4 Å². The predicted octanol–water partition coefficient (Wildman–Crippen LogP) is 3.68. The molecular formula is C18H21F3N4O. The Labute approximate surface area is 149 Å². The molecule has 2 atom stereocenters. The summed E-state index contributed by atoms with van der Waals surface area (Å²) in [5.74, 6) is -1.13. The fourth-order valence-corrected chi connectivity index (χ4v) is 3.46. The summed E-state index contributed by atoms with van der Waals surface area (Å²) in [4.78, 5) is 16.9. The Morgan fingerprint density at radius 3 is 2.81 bits per heavy atom. The zero-order chi connectivity index (χ0) is 18.7. The number of hydrogen-bond donors (Lipinski definition) is 1. The zero-order valence-electron chi connectivity index (χ0n) is 14.5. The smallest absolute Gasteiger partial charge is 0.349 e. The van der Waals surface area contributed by atoms with Crippen LogP contribution < -0.4 is 5.32 Å². The highest BCUT2D eigenvalue weighted by Gasteiger charge is 2.42. The lowest BCUT2D eigenvalue weighted by Crippen LogP contribution is -2.41. The molecule has 26 heavy (non-hydrogen) atoms. The molecule has 140 valence electrons. The fourth-order valence-electron chi connectivity index (χ4n) is 3.46. The quantitative estimate of drug-likeness (QED) is 0.898.